The zero-order chi connectivity index (χ0) is 11.4. The Morgan fingerprint density at radius 2 is 2.13 bits per heavy atom. The molecule has 3 N–H and O–H groups in total. The summed E-state index contributed by atoms with van der Waals surface area (Å²) < 4.78 is 0. The third kappa shape index (κ3) is 2.95. The first-order valence-electron chi connectivity index (χ1n) is 4.80. The van der Waals surface area contributed by atoms with Gasteiger partial charge in [-0.05, 0) is 13.0 Å². The molecule has 1 atom stereocenters. The first-order valence-corrected chi connectivity index (χ1v) is 4.80. The predicted molar refractivity (Wildman–Crippen MR) is 58.2 cm³/mol. The van der Waals surface area contributed by atoms with Gasteiger partial charge >= 0.3 is 0 Å². The van der Waals surface area contributed by atoms with Gasteiger partial charge in [-0.25, -0.2) is 0 Å². The highest BCUT2D eigenvalue weighted by Crippen LogP contribution is 2.17. The Morgan fingerprint density at radius 3 is 2.67 bits per heavy atom. The molecule has 0 bridgehead atoms. The monoisotopic (exact) mass is 208 g/mol. The van der Waals surface area contributed by atoms with Gasteiger partial charge in [-0.1, -0.05) is 18.2 Å². The van der Waals surface area contributed by atoms with Crippen molar-refractivity contribution in [1.82, 2.24) is 4.90 Å². The van der Waals surface area contributed by atoms with Gasteiger partial charge in [0.05, 0.1) is 6.04 Å². The third-order valence-electron chi connectivity index (χ3n) is 2.16. The van der Waals surface area contributed by atoms with E-state index in [2.05, 4.69) is 0 Å². The summed E-state index contributed by atoms with van der Waals surface area (Å²) in [5, 5.41) is 9.51. The third-order valence-corrected chi connectivity index (χ3v) is 2.16. The maximum Gasteiger partial charge on any atom is 0.239 e. The van der Waals surface area contributed by atoms with E-state index >= 15 is 0 Å². The Labute approximate surface area is 89.3 Å². The van der Waals surface area contributed by atoms with Crippen LogP contribution in [0.2, 0.25) is 0 Å². The van der Waals surface area contributed by atoms with Gasteiger partial charge in [0, 0.05) is 19.2 Å². The number of hydrogen-bond acceptors (Lipinski definition) is 3. The lowest BCUT2D eigenvalue weighted by atomic mass is 10.2. The summed E-state index contributed by atoms with van der Waals surface area (Å²) in [5.41, 5.74) is 6.19. The van der Waals surface area contributed by atoms with Crippen molar-refractivity contribution >= 4 is 5.91 Å². The zero-order valence-corrected chi connectivity index (χ0v) is 8.97. The highest BCUT2D eigenvalue weighted by Gasteiger charge is 2.14. The Morgan fingerprint density at radius 1 is 1.53 bits per heavy atom. The minimum absolute atomic E-state index is 0.141. The number of benzene rings is 1. The van der Waals surface area contributed by atoms with Crippen molar-refractivity contribution < 1.29 is 9.90 Å². The van der Waals surface area contributed by atoms with Crippen molar-refractivity contribution in [2.75, 3.05) is 7.05 Å². The van der Waals surface area contributed by atoms with E-state index < -0.39 is 6.04 Å². The molecular formula is C11H16N2O2. The van der Waals surface area contributed by atoms with Gasteiger partial charge in [0.25, 0.3) is 0 Å². The van der Waals surface area contributed by atoms with Crippen LogP contribution in [0.5, 0.6) is 5.75 Å². The molecule has 0 saturated heterocycles. The van der Waals surface area contributed by atoms with Gasteiger partial charge in [0.15, 0.2) is 0 Å². The number of carbonyl (C=O) groups excluding carboxylic acids is 1. The zero-order valence-electron chi connectivity index (χ0n) is 8.97. The number of phenols is 1. The van der Waals surface area contributed by atoms with Gasteiger partial charge in [-0.2, -0.15) is 0 Å². The van der Waals surface area contributed by atoms with E-state index in [1.54, 1.807) is 32.2 Å². The van der Waals surface area contributed by atoms with Gasteiger partial charge in [0.2, 0.25) is 5.91 Å². The lowest BCUT2D eigenvalue weighted by Gasteiger charge is -2.19. The molecule has 0 unspecified atom stereocenters. The second kappa shape index (κ2) is 4.79. The Balaban J connectivity index is 2.71. The summed E-state index contributed by atoms with van der Waals surface area (Å²) >= 11 is 0. The molecule has 0 heterocycles. The van der Waals surface area contributed by atoms with Gasteiger partial charge in [-0.3, -0.25) is 4.79 Å². The number of likely N-dealkylation sites (N-methyl/N-ethyl adjacent to an activating group) is 1. The van der Waals surface area contributed by atoms with Crippen molar-refractivity contribution in [2.45, 2.75) is 19.5 Å². The number of nitrogens with two attached hydrogens (primary N) is 1. The molecular weight excluding hydrogens is 192 g/mol. The molecule has 1 aromatic rings. The molecule has 0 aliphatic heterocycles. The number of para-hydroxylation sites is 1. The van der Waals surface area contributed by atoms with Crippen LogP contribution in [0.3, 0.4) is 0 Å². The minimum Gasteiger partial charge on any atom is -0.508 e. The molecule has 0 aromatic heterocycles. The summed E-state index contributed by atoms with van der Waals surface area (Å²) in [4.78, 5) is 13.0. The van der Waals surface area contributed by atoms with Crippen molar-refractivity contribution in [2.24, 2.45) is 5.73 Å². The van der Waals surface area contributed by atoms with E-state index in [0.717, 1.165) is 0 Å². The van der Waals surface area contributed by atoms with E-state index in [4.69, 9.17) is 5.73 Å². The fourth-order valence-electron chi connectivity index (χ4n) is 1.33. The molecule has 82 valence electrons. The van der Waals surface area contributed by atoms with Crippen molar-refractivity contribution in [1.29, 1.82) is 0 Å². The highest BCUT2D eigenvalue weighted by molar-refractivity contribution is 5.80. The van der Waals surface area contributed by atoms with E-state index in [0.29, 0.717) is 12.1 Å². The molecule has 0 radical (unpaired) electrons. The minimum atomic E-state index is -0.513. The van der Waals surface area contributed by atoms with Crippen LogP contribution in [0, 0.1) is 0 Å². The fourth-order valence-corrected chi connectivity index (χ4v) is 1.33. The summed E-state index contributed by atoms with van der Waals surface area (Å²) in [6, 6.07) is 6.42. The first-order chi connectivity index (χ1) is 7.02. The fraction of sp³-hybridized carbons (Fsp3) is 0.364. The molecule has 0 fully saturated rings. The highest BCUT2D eigenvalue weighted by atomic mass is 16.3. The molecule has 4 heteroatoms. The summed E-state index contributed by atoms with van der Waals surface area (Å²) in [6.07, 6.45) is 0. The molecule has 0 saturated carbocycles. The molecule has 1 aromatic carbocycles. The van der Waals surface area contributed by atoms with Crippen LogP contribution in [0.1, 0.15) is 12.5 Å². The van der Waals surface area contributed by atoms with Crippen LogP contribution in [-0.4, -0.2) is 29.0 Å². The van der Waals surface area contributed by atoms with Crippen LogP contribution in [0.25, 0.3) is 0 Å². The Bertz CT molecular complexity index is 350. The quantitative estimate of drug-likeness (QED) is 0.768. The van der Waals surface area contributed by atoms with Crippen LogP contribution in [-0.2, 0) is 11.3 Å². The predicted octanol–water partition coefficient (Wildman–Crippen LogP) is 0.698. The number of carbonyl (C=O) groups is 1. The van der Waals surface area contributed by atoms with E-state index in [1.165, 1.54) is 4.90 Å². The van der Waals surface area contributed by atoms with Crippen molar-refractivity contribution in [3.8, 4) is 5.75 Å². The first kappa shape index (κ1) is 11.5. The number of nitrogens with zero attached hydrogens (tertiary/aromatic N) is 1. The smallest absolute Gasteiger partial charge is 0.239 e. The average Bonchev–Trinajstić information content (AvgIpc) is 2.20. The van der Waals surface area contributed by atoms with Gasteiger partial charge in [0.1, 0.15) is 5.75 Å². The normalized spacial score (nSPS) is 12.2. The molecule has 1 amide bonds. The van der Waals surface area contributed by atoms with Crippen LogP contribution in [0.15, 0.2) is 24.3 Å². The second-order valence-corrected chi connectivity index (χ2v) is 3.61. The number of aromatic hydroxyl groups is 1. The number of amides is 1. The maximum atomic E-state index is 11.5. The molecule has 15 heavy (non-hydrogen) atoms. The second-order valence-electron chi connectivity index (χ2n) is 3.61. The summed E-state index contributed by atoms with van der Waals surface area (Å²) in [7, 11) is 1.66. The van der Waals surface area contributed by atoms with Gasteiger partial charge in [-0.15, -0.1) is 0 Å². The summed E-state index contributed by atoms with van der Waals surface area (Å²) in [6.45, 7) is 2.01. The number of hydrogen-bond donors (Lipinski definition) is 2. The largest absolute Gasteiger partial charge is 0.508 e. The molecule has 0 aliphatic carbocycles. The Hall–Kier alpha value is -1.55. The lowest BCUT2D eigenvalue weighted by molar-refractivity contribution is -0.131. The van der Waals surface area contributed by atoms with Crippen molar-refractivity contribution in [3.05, 3.63) is 29.8 Å². The summed E-state index contributed by atoms with van der Waals surface area (Å²) in [5.74, 6) is 0.0556. The maximum absolute atomic E-state index is 11.5. The average molecular weight is 208 g/mol. The topological polar surface area (TPSA) is 66.6 Å². The van der Waals surface area contributed by atoms with Crippen LogP contribution in [0.4, 0.5) is 0 Å². The van der Waals surface area contributed by atoms with Gasteiger partial charge < -0.3 is 15.7 Å². The van der Waals surface area contributed by atoms with E-state index in [1.807, 2.05) is 6.07 Å². The van der Waals surface area contributed by atoms with E-state index in [9.17, 15) is 9.90 Å². The standard InChI is InChI=1S/C11H16N2O2/c1-8(12)11(15)13(2)7-9-5-3-4-6-10(9)14/h3-6,8,14H,7,12H2,1-2H3/t8-/m0/s1. The molecule has 1 rings (SSSR count). The Kier molecular flexibility index (Phi) is 3.68. The molecule has 0 spiro atoms. The van der Waals surface area contributed by atoms with E-state index in [-0.39, 0.29) is 11.7 Å². The molecule has 4 nitrogen and oxygen atoms in total. The number of phenolic OH excluding ortho intramolecular Hbond substituents is 1. The lowest BCUT2D eigenvalue weighted by Crippen LogP contribution is -2.39. The van der Waals surface area contributed by atoms with Crippen LogP contribution < -0.4 is 5.73 Å². The SMILES string of the molecule is C[C@H](N)C(=O)N(C)Cc1ccccc1O. The molecule has 0 aliphatic rings. The number of rotatable bonds is 3. The van der Waals surface area contributed by atoms with Crippen LogP contribution >= 0.6 is 0 Å². The van der Waals surface area contributed by atoms with Crippen molar-refractivity contribution in [3.63, 3.8) is 0 Å².